The Labute approximate surface area is 112 Å². The summed E-state index contributed by atoms with van der Waals surface area (Å²) in [5, 5.41) is 22.4. The van der Waals surface area contributed by atoms with E-state index in [1.807, 2.05) is 6.92 Å². The molecule has 0 aliphatic heterocycles. The van der Waals surface area contributed by atoms with Crippen molar-refractivity contribution in [2.24, 2.45) is 0 Å². The minimum atomic E-state index is -0.233. The van der Waals surface area contributed by atoms with Crippen LogP contribution in [0.15, 0.2) is 18.2 Å². The number of aromatic nitrogens is 5. The summed E-state index contributed by atoms with van der Waals surface area (Å²) >= 11 is 1.37. The Kier molecular flexibility index (Phi) is 2.92. The topological polar surface area (TPSA) is 96.5 Å². The van der Waals surface area contributed by atoms with Crippen molar-refractivity contribution in [1.29, 1.82) is 0 Å². The van der Waals surface area contributed by atoms with Crippen molar-refractivity contribution in [3.8, 4) is 0 Å². The van der Waals surface area contributed by atoms with Crippen LogP contribution in [0.5, 0.6) is 0 Å². The van der Waals surface area contributed by atoms with Gasteiger partial charge in [-0.3, -0.25) is 10.1 Å². The summed E-state index contributed by atoms with van der Waals surface area (Å²) in [6.45, 7) is 1.99. The van der Waals surface area contributed by atoms with Crippen LogP contribution in [-0.4, -0.2) is 31.5 Å². The molecule has 0 saturated heterocycles. The fourth-order valence-corrected chi connectivity index (χ4v) is 2.27. The maximum absolute atomic E-state index is 12.0. The average Bonchev–Trinajstić information content (AvgIpc) is 3.05. The van der Waals surface area contributed by atoms with Crippen LogP contribution >= 0.6 is 11.3 Å². The molecular formula is C11H10N6OS. The Morgan fingerprint density at radius 1 is 1.32 bits per heavy atom. The number of hydrogen-bond acceptors (Lipinski definition) is 6. The highest BCUT2D eigenvalue weighted by atomic mass is 32.1. The van der Waals surface area contributed by atoms with Crippen molar-refractivity contribution >= 4 is 33.4 Å². The third kappa shape index (κ3) is 2.29. The third-order valence-corrected chi connectivity index (χ3v) is 3.55. The van der Waals surface area contributed by atoms with E-state index in [0.717, 1.165) is 16.9 Å². The molecule has 0 atom stereocenters. The summed E-state index contributed by atoms with van der Waals surface area (Å²) in [6.07, 6.45) is 0.804. The number of benzene rings is 1. The lowest BCUT2D eigenvalue weighted by Gasteiger charge is -2.00. The van der Waals surface area contributed by atoms with E-state index in [2.05, 4.69) is 30.9 Å². The molecule has 1 aromatic carbocycles. The number of rotatable bonds is 3. The Morgan fingerprint density at radius 3 is 2.95 bits per heavy atom. The molecule has 2 aromatic heterocycles. The van der Waals surface area contributed by atoms with Gasteiger partial charge in [0.2, 0.25) is 5.13 Å². The lowest BCUT2D eigenvalue weighted by molar-refractivity contribution is 0.102. The van der Waals surface area contributed by atoms with Crippen molar-refractivity contribution in [2.75, 3.05) is 5.32 Å². The summed E-state index contributed by atoms with van der Waals surface area (Å²) < 4.78 is 0. The molecule has 7 nitrogen and oxygen atoms in total. The van der Waals surface area contributed by atoms with Gasteiger partial charge in [0, 0.05) is 5.56 Å². The molecule has 0 aliphatic carbocycles. The summed E-state index contributed by atoms with van der Waals surface area (Å²) in [5.74, 6) is -0.233. The normalized spacial score (nSPS) is 10.8. The Hall–Kier alpha value is -2.35. The molecule has 1 amide bonds. The average molecular weight is 274 g/mol. The number of hydrogen-bond donors (Lipinski definition) is 2. The monoisotopic (exact) mass is 274 g/mol. The largest absolute Gasteiger partial charge is 0.296 e. The quantitative estimate of drug-likeness (QED) is 0.756. The van der Waals surface area contributed by atoms with E-state index in [4.69, 9.17) is 0 Å². The standard InChI is InChI=1S/C11H10N6OS/c1-2-9-15-16-11(19-9)12-10(18)6-3-4-7-8(5-6)14-17-13-7/h3-5H,2H2,1H3,(H,12,16,18)(H,13,14,17). The molecule has 0 unspecified atom stereocenters. The number of aromatic amines is 1. The molecule has 0 aliphatic rings. The van der Waals surface area contributed by atoms with Gasteiger partial charge in [-0.2, -0.15) is 15.4 Å². The van der Waals surface area contributed by atoms with Gasteiger partial charge in [0.1, 0.15) is 16.0 Å². The van der Waals surface area contributed by atoms with Crippen LogP contribution in [-0.2, 0) is 6.42 Å². The number of aryl methyl sites for hydroxylation is 1. The lowest BCUT2D eigenvalue weighted by atomic mass is 10.2. The van der Waals surface area contributed by atoms with Gasteiger partial charge < -0.3 is 0 Å². The van der Waals surface area contributed by atoms with Crippen molar-refractivity contribution in [3.63, 3.8) is 0 Å². The first-order valence-electron chi connectivity index (χ1n) is 5.70. The number of carbonyl (C=O) groups is 1. The molecular weight excluding hydrogens is 264 g/mol. The van der Waals surface area contributed by atoms with E-state index >= 15 is 0 Å². The molecule has 0 bridgehead atoms. The number of nitrogens with zero attached hydrogens (tertiary/aromatic N) is 4. The molecule has 0 saturated carbocycles. The summed E-state index contributed by atoms with van der Waals surface area (Å²) in [4.78, 5) is 12.0. The molecule has 96 valence electrons. The van der Waals surface area contributed by atoms with E-state index in [1.165, 1.54) is 11.3 Å². The van der Waals surface area contributed by atoms with E-state index < -0.39 is 0 Å². The van der Waals surface area contributed by atoms with Gasteiger partial charge in [0.05, 0.1) is 0 Å². The van der Waals surface area contributed by atoms with Crippen molar-refractivity contribution in [1.82, 2.24) is 25.6 Å². The molecule has 0 radical (unpaired) electrons. The minimum Gasteiger partial charge on any atom is -0.296 e. The number of fused-ring (bicyclic) bond motifs is 1. The summed E-state index contributed by atoms with van der Waals surface area (Å²) in [5.41, 5.74) is 1.88. The van der Waals surface area contributed by atoms with Crippen LogP contribution in [0.2, 0.25) is 0 Å². The van der Waals surface area contributed by atoms with Gasteiger partial charge >= 0.3 is 0 Å². The molecule has 2 N–H and O–H groups in total. The van der Waals surface area contributed by atoms with Gasteiger partial charge in [0.15, 0.2) is 0 Å². The fraction of sp³-hybridized carbons (Fsp3) is 0.182. The molecule has 8 heteroatoms. The zero-order valence-electron chi connectivity index (χ0n) is 10.0. The third-order valence-electron chi connectivity index (χ3n) is 2.57. The maximum atomic E-state index is 12.0. The number of nitrogens with one attached hydrogen (secondary N) is 2. The second-order valence-electron chi connectivity index (χ2n) is 3.84. The van der Waals surface area contributed by atoms with Crippen LogP contribution in [0, 0.1) is 0 Å². The van der Waals surface area contributed by atoms with Crippen LogP contribution in [0.1, 0.15) is 22.3 Å². The van der Waals surface area contributed by atoms with Crippen LogP contribution in [0.3, 0.4) is 0 Å². The smallest absolute Gasteiger partial charge is 0.257 e. The van der Waals surface area contributed by atoms with Crippen molar-refractivity contribution in [2.45, 2.75) is 13.3 Å². The number of carbonyl (C=O) groups excluding carboxylic acids is 1. The predicted molar refractivity (Wildman–Crippen MR) is 71.1 cm³/mol. The second-order valence-corrected chi connectivity index (χ2v) is 4.90. The zero-order valence-corrected chi connectivity index (χ0v) is 10.9. The molecule has 3 aromatic rings. The highest BCUT2D eigenvalue weighted by Crippen LogP contribution is 2.17. The predicted octanol–water partition coefficient (Wildman–Crippen LogP) is 1.62. The van der Waals surface area contributed by atoms with Gasteiger partial charge in [-0.25, -0.2) is 0 Å². The molecule has 2 heterocycles. The van der Waals surface area contributed by atoms with E-state index in [0.29, 0.717) is 16.2 Å². The minimum absolute atomic E-state index is 0.233. The van der Waals surface area contributed by atoms with Crippen LogP contribution < -0.4 is 5.32 Å². The first-order chi connectivity index (χ1) is 9.26. The molecule has 19 heavy (non-hydrogen) atoms. The first kappa shape index (κ1) is 11.7. The van der Waals surface area contributed by atoms with Crippen LogP contribution in [0.25, 0.3) is 11.0 Å². The summed E-state index contributed by atoms with van der Waals surface area (Å²) in [7, 11) is 0. The maximum Gasteiger partial charge on any atom is 0.257 e. The molecule has 3 rings (SSSR count). The SMILES string of the molecule is CCc1nnc(NC(=O)c2ccc3n[nH]nc3c2)s1. The molecule has 0 spiro atoms. The highest BCUT2D eigenvalue weighted by Gasteiger charge is 2.11. The van der Waals surface area contributed by atoms with Crippen LogP contribution in [0.4, 0.5) is 5.13 Å². The Bertz CT molecular complexity index is 733. The fourth-order valence-electron chi connectivity index (χ4n) is 1.60. The van der Waals surface area contributed by atoms with E-state index in [-0.39, 0.29) is 5.91 Å². The highest BCUT2D eigenvalue weighted by molar-refractivity contribution is 7.15. The first-order valence-corrected chi connectivity index (χ1v) is 6.52. The van der Waals surface area contributed by atoms with Crippen molar-refractivity contribution in [3.05, 3.63) is 28.8 Å². The van der Waals surface area contributed by atoms with E-state index in [9.17, 15) is 4.79 Å². The summed E-state index contributed by atoms with van der Waals surface area (Å²) in [6, 6.07) is 5.11. The van der Waals surface area contributed by atoms with E-state index in [1.54, 1.807) is 18.2 Å². The zero-order chi connectivity index (χ0) is 13.2. The number of amides is 1. The van der Waals surface area contributed by atoms with Gasteiger partial charge in [-0.15, -0.1) is 10.2 Å². The number of H-pyrrole nitrogens is 1. The van der Waals surface area contributed by atoms with Gasteiger partial charge in [-0.1, -0.05) is 18.3 Å². The van der Waals surface area contributed by atoms with Crippen molar-refractivity contribution < 1.29 is 4.79 Å². The lowest BCUT2D eigenvalue weighted by Crippen LogP contribution is -2.11. The number of anilines is 1. The van der Waals surface area contributed by atoms with Gasteiger partial charge in [0.25, 0.3) is 5.91 Å². The van der Waals surface area contributed by atoms with Gasteiger partial charge in [-0.05, 0) is 24.6 Å². The molecule has 0 fully saturated rings. The Morgan fingerprint density at radius 2 is 2.16 bits per heavy atom. The second kappa shape index (κ2) is 4.73. The Balaban J connectivity index is 1.82.